The van der Waals surface area contributed by atoms with Crippen molar-refractivity contribution in [1.82, 2.24) is 9.78 Å². The fourth-order valence-corrected chi connectivity index (χ4v) is 1.79. The first-order valence-electron chi connectivity index (χ1n) is 3.94. The summed E-state index contributed by atoms with van der Waals surface area (Å²) >= 11 is 5.03. The van der Waals surface area contributed by atoms with E-state index >= 15 is 0 Å². The summed E-state index contributed by atoms with van der Waals surface area (Å²) < 4.78 is 1.79. The molecule has 0 unspecified atom stereocenters. The average molecular weight is 181 g/mol. The van der Waals surface area contributed by atoms with Gasteiger partial charge in [-0.1, -0.05) is 12.2 Å². The summed E-state index contributed by atoms with van der Waals surface area (Å²) in [7, 11) is 1.90. The molecule has 1 heterocycles. The van der Waals surface area contributed by atoms with Gasteiger partial charge in [-0.3, -0.25) is 4.68 Å². The highest BCUT2D eigenvalue weighted by Crippen LogP contribution is 2.48. The van der Waals surface area contributed by atoms with Crippen molar-refractivity contribution in [1.29, 1.82) is 0 Å². The van der Waals surface area contributed by atoms with Crippen LogP contribution in [-0.4, -0.2) is 14.8 Å². The fourth-order valence-electron chi connectivity index (χ4n) is 1.47. The van der Waals surface area contributed by atoms with E-state index in [1.54, 1.807) is 4.68 Å². The zero-order valence-corrected chi connectivity index (χ0v) is 7.77. The minimum atomic E-state index is -0.0103. The number of nitrogens with zero attached hydrogens (tertiary/aromatic N) is 2. The van der Waals surface area contributed by atoms with Crippen molar-refractivity contribution in [2.45, 2.75) is 18.3 Å². The predicted molar refractivity (Wildman–Crippen MR) is 50.9 cm³/mol. The van der Waals surface area contributed by atoms with Crippen LogP contribution in [0, 0.1) is 0 Å². The smallest absolute Gasteiger partial charge is 0.0835 e. The molecule has 0 spiro atoms. The van der Waals surface area contributed by atoms with E-state index in [1.165, 1.54) is 0 Å². The molecule has 0 aliphatic heterocycles. The molecule has 4 heteroatoms. The molecule has 0 amide bonds. The van der Waals surface area contributed by atoms with Gasteiger partial charge in [0.15, 0.2) is 0 Å². The molecule has 0 radical (unpaired) electrons. The molecule has 0 atom stereocenters. The van der Waals surface area contributed by atoms with Crippen LogP contribution in [-0.2, 0) is 12.5 Å². The summed E-state index contributed by atoms with van der Waals surface area (Å²) in [5.74, 6) is 0. The summed E-state index contributed by atoms with van der Waals surface area (Å²) in [5.41, 5.74) is 6.82. The van der Waals surface area contributed by atoms with Gasteiger partial charge in [0.05, 0.1) is 11.2 Å². The maximum absolute atomic E-state index is 5.67. The van der Waals surface area contributed by atoms with E-state index in [-0.39, 0.29) is 5.41 Å². The second-order valence-corrected chi connectivity index (χ2v) is 3.79. The third kappa shape index (κ3) is 0.948. The molecule has 1 aliphatic rings. The first-order chi connectivity index (χ1) is 5.65. The van der Waals surface area contributed by atoms with E-state index in [0.717, 1.165) is 18.4 Å². The van der Waals surface area contributed by atoms with E-state index in [0.29, 0.717) is 4.99 Å². The molecule has 2 N–H and O–H groups in total. The van der Waals surface area contributed by atoms with Crippen LogP contribution in [0.2, 0.25) is 0 Å². The summed E-state index contributed by atoms with van der Waals surface area (Å²) in [6, 6.07) is 0. The molecule has 0 aromatic carbocycles. The quantitative estimate of drug-likeness (QED) is 0.684. The molecule has 64 valence electrons. The molecular formula is C8H11N3S. The number of hydrogen-bond acceptors (Lipinski definition) is 2. The number of hydrogen-bond donors (Lipinski definition) is 1. The Morgan fingerprint density at radius 3 is 2.75 bits per heavy atom. The van der Waals surface area contributed by atoms with E-state index in [9.17, 15) is 0 Å². The normalized spacial score (nSPS) is 19.1. The highest BCUT2D eigenvalue weighted by Gasteiger charge is 2.48. The zero-order chi connectivity index (χ0) is 8.77. The lowest BCUT2D eigenvalue weighted by Crippen LogP contribution is -2.25. The van der Waals surface area contributed by atoms with Gasteiger partial charge in [0.1, 0.15) is 0 Å². The first-order valence-corrected chi connectivity index (χ1v) is 4.35. The van der Waals surface area contributed by atoms with Crippen LogP contribution in [0.5, 0.6) is 0 Å². The fraction of sp³-hybridized carbons (Fsp3) is 0.500. The summed E-state index contributed by atoms with van der Waals surface area (Å²) in [6.45, 7) is 0. The first kappa shape index (κ1) is 7.73. The van der Waals surface area contributed by atoms with Gasteiger partial charge in [0.25, 0.3) is 0 Å². The largest absolute Gasteiger partial charge is 0.393 e. The van der Waals surface area contributed by atoms with Gasteiger partial charge >= 0.3 is 0 Å². The van der Waals surface area contributed by atoms with Gasteiger partial charge in [-0.05, 0) is 12.8 Å². The molecule has 2 rings (SSSR count). The van der Waals surface area contributed by atoms with Crippen LogP contribution in [0.1, 0.15) is 18.4 Å². The van der Waals surface area contributed by atoms with Crippen LogP contribution < -0.4 is 5.73 Å². The Balaban J connectivity index is 2.36. The molecule has 1 aliphatic carbocycles. The van der Waals surface area contributed by atoms with Gasteiger partial charge in [0.2, 0.25) is 0 Å². The standard InChI is InChI=1S/C8H11N3S/c1-11-5-6(4-10-11)8(2-3-8)7(9)12/h4-5H,2-3H2,1H3,(H2,9,12). The van der Waals surface area contributed by atoms with Crippen molar-refractivity contribution in [2.24, 2.45) is 12.8 Å². The maximum atomic E-state index is 5.67. The van der Waals surface area contributed by atoms with Gasteiger partial charge in [-0.2, -0.15) is 5.10 Å². The van der Waals surface area contributed by atoms with Crippen molar-refractivity contribution in [3.05, 3.63) is 18.0 Å². The lowest BCUT2D eigenvalue weighted by atomic mass is 10.0. The van der Waals surface area contributed by atoms with E-state index in [4.69, 9.17) is 18.0 Å². The zero-order valence-electron chi connectivity index (χ0n) is 6.95. The minimum Gasteiger partial charge on any atom is -0.393 e. The Bertz CT molecular complexity index is 325. The molecule has 1 aromatic rings. The Kier molecular flexibility index (Phi) is 1.48. The number of nitrogens with two attached hydrogens (primary N) is 1. The SMILES string of the molecule is Cn1cc(C2(C(N)=S)CC2)cn1. The van der Waals surface area contributed by atoms with Crippen molar-refractivity contribution in [2.75, 3.05) is 0 Å². The second-order valence-electron chi connectivity index (χ2n) is 3.35. The summed E-state index contributed by atoms with van der Waals surface area (Å²) in [6.07, 6.45) is 6.00. The third-order valence-corrected chi connectivity index (χ3v) is 2.87. The number of thiocarbonyl (C=S) groups is 1. The molecule has 0 saturated heterocycles. The topological polar surface area (TPSA) is 43.8 Å². The predicted octanol–water partition coefficient (Wildman–Crippen LogP) is 0.738. The maximum Gasteiger partial charge on any atom is 0.0835 e. The summed E-state index contributed by atoms with van der Waals surface area (Å²) in [4.78, 5) is 0.607. The lowest BCUT2D eigenvalue weighted by Gasteiger charge is -2.09. The highest BCUT2D eigenvalue weighted by molar-refractivity contribution is 7.80. The Hall–Kier alpha value is -0.900. The van der Waals surface area contributed by atoms with E-state index in [1.807, 2.05) is 19.4 Å². The molecule has 3 nitrogen and oxygen atoms in total. The van der Waals surface area contributed by atoms with Crippen molar-refractivity contribution in [3.8, 4) is 0 Å². The van der Waals surface area contributed by atoms with E-state index < -0.39 is 0 Å². The van der Waals surface area contributed by atoms with Crippen molar-refractivity contribution >= 4 is 17.2 Å². The molecular weight excluding hydrogens is 170 g/mol. The van der Waals surface area contributed by atoms with Gasteiger partial charge in [-0.15, -0.1) is 0 Å². The van der Waals surface area contributed by atoms with Crippen LogP contribution in [0.15, 0.2) is 12.4 Å². The van der Waals surface area contributed by atoms with Crippen molar-refractivity contribution < 1.29 is 0 Å². The molecule has 1 fully saturated rings. The molecule has 1 aromatic heterocycles. The Morgan fingerprint density at radius 1 is 1.75 bits per heavy atom. The van der Waals surface area contributed by atoms with E-state index in [2.05, 4.69) is 5.10 Å². The lowest BCUT2D eigenvalue weighted by molar-refractivity contribution is 0.766. The van der Waals surface area contributed by atoms with Crippen LogP contribution in [0.3, 0.4) is 0 Å². The number of rotatable bonds is 2. The molecule has 1 saturated carbocycles. The van der Waals surface area contributed by atoms with Crippen LogP contribution in [0.25, 0.3) is 0 Å². The third-order valence-electron chi connectivity index (χ3n) is 2.48. The van der Waals surface area contributed by atoms with Gasteiger partial charge in [-0.25, -0.2) is 0 Å². The average Bonchev–Trinajstić information content (AvgIpc) is 2.71. The van der Waals surface area contributed by atoms with Gasteiger partial charge in [0, 0.05) is 24.2 Å². The van der Waals surface area contributed by atoms with Crippen LogP contribution in [0.4, 0.5) is 0 Å². The monoisotopic (exact) mass is 181 g/mol. The number of aryl methyl sites for hydroxylation is 1. The molecule has 12 heavy (non-hydrogen) atoms. The second kappa shape index (κ2) is 2.29. The Morgan fingerprint density at radius 2 is 2.42 bits per heavy atom. The van der Waals surface area contributed by atoms with Gasteiger partial charge < -0.3 is 5.73 Å². The highest BCUT2D eigenvalue weighted by atomic mass is 32.1. The number of aromatic nitrogens is 2. The van der Waals surface area contributed by atoms with Crippen molar-refractivity contribution in [3.63, 3.8) is 0 Å². The minimum absolute atomic E-state index is 0.0103. The Labute approximate surface area is 76.6 Å². The summed E-state index contributed by atoms with van der Waals surface area (Å²) in [5, 5.41) is 4.11. The van der Waals surface area contributed by atoms with Crippen LogP contribution >= 0.6 is 12.2 Å². The molecule has 0 bridgehead atoms.